The van der Waals surface area contributed by atoms with Gasteiger partial charge in [0.05, 0.1) is 0 Å². The predicted octanol–water partition coefficient (Wildman–Crippen LogP) is 4.90. The normalized spacial score (nSPS) is 11.9. The number of hydrogen-bond acceptors (Lipinski definition) is 4. The van der Waals surface area contributed by atoms with Crippen LogP contribution in [-0.4, -0.2) is 24.9 Å². The van der Waals surface area contributed by atoms with Gasteiger partial charge in [-0.3, -0.25) is 9.59 Å². The standard InChI is InChI=1S/C23H19ClN2O3S/c1-25-22(27)18(13-17-12-15-4-2-3-5-21(15)30-17)26-23(28)20-11-10-19(29-20)14-6-8-16(24)9-7-14/h2-12,18H,13H2,1H3,(H,25,27)(H,26,28)/t18-/m0/s1. The van der Waals surface area contributed by atoms with E-state index in [-0.39, 0.29) is 11.7 Å². The van der Waals surface area contributed by atoms with Crippen LogP contribution in [0.5, 0.6) is 0 Å². The highest BCUT2D eigenvalue weighted by molar-refractivity contribution is 7.19. The third kappa shape index (κ3) is 4.40. The summed E-state index contributed by atoms with van der Waals surface area (Å²) in [7, 11) is 1.55. The molecule has 2 N–H and O–H groups in total. The quantitative estimate of drug-likeness (QED) is 0.449. The van der Waals surface area contributed by atoms with E-state index in [1.54, 1.807) is 42.6 Å². The lowest BCUT2D eigenvalue weighted by atomic mass is 10.1. The minimum atomic E-state index is -0.709. The lowest BCUT2D eigenvalue weighted by Gasteiger charge is -2.15. The summed E-state index contributed by atoms with van der Waals surface area (Å²) >= 11 is 7.53. The van der Waals surface area contributed by atoms with Crippen LogP contribution >= 0.6 is 22.9 Å². The van der Waals surface area contributed by atoms with Gasteiger partial charge in [-0.15, -0.1) is 11.3 Å². The van der Waals surface area contributed by atoms with Gasteiger partial charge in [0.25, 0.3) is 5.91 Å². The summed E-state index contributed by atoms with van der Waals surface area (Å²) in [5.41, 5.74) is 0.812. The largest absolute Gasteiger partial charge is 0.451 e. The van der Waals surface area contributed by atoms with Crippen molar-refractivity contribution in [2.75, 3.05) is 7.05 Å². The Morgan fingerprint density at radius 1 is 1.07 bits per heavy atom. The lowest BCUT2D eigenvalue weighted by molar-refractivity contribution is -0.122. The first kappa shape index (κ1) is 20.2. The van der Waals surface area contributed by atoms with Crippen LogP contribution in [0.3, 0.4) is 0 Å². The van der Waals surface area contributed by atoms with Crippen LogP contribution in [-0.2, 0) is 11.2 Å². The van der Waals surface area contributed by atoms with Gasteiger partial charge in [-0.2, -0.15) is 0 Å². The number of likely N-dealkylation sites (N-methyl/N-ethyl adjacent to an activating group) is 1. The van der Waals surface area contributed by atoms with E-state index in [0.717, 1.165) is 20.5 Å². The van der Waals surface area contributed by atoms with E-state index in [1.165, 1.54) is 0 Å². The molecule has 0 saturated heterocycles. The lowest BCUT2D eigenvalue weighted by Crippen LogP contribution is -2.46. The van der Waals surface area contributed by atoms with E-state index in [2.05, 4.69) is 10.6 Å². The average molecular weight is 439 g/mol. The molecule has 7 heteroatoms. The first-order valence-corrected chi connectivity index (χ1v) is 10.6. The monoisotopic (exact) mass is 438 g/mol. The SMILES string of the molecule is CNC(=O)[C@H](Cc1cc2ccccc2s1)NC(=O)c1ccc(-c2ccc(Cl)cc2)o1. The summed E-state index contributed by atoms with van der Waals surface area (Å²) < 4.78 is 6.85. The fourth-order valence-corrected chi connectivity index (χ4v) is 4.42. The molecule has 0 radical (unpaired) electrons. The second-order valence-electron chi connectivity index (χ2n) is 6.77. The Hall–Kier alpha value is -3.09. The van der Waals surface area contributed by atoms with Crippen LogP contribution in [0.25, 0.3) is 21.4 Å². The molecule has 0 saturated carbocycles. The third-order valence-corrected chi connectivity index (χ3v) is 6.10. The van der Waals surface area contributed by atoms with E-state index in [4.69, 9.17) is 16.0 Å². The zero-order valence-corrected chi connectivity index (χ0v) is 17.7. The molecule has 0 spiro atoms. The molecule has 5 nitrogen and oxygen atoms in total. The minimum absolute atomic E-state index is 0.144. The van der Waals surface area contributed by atoms with Gasteiger partial charge in [0.15, 0.2) is 5.76 Å². The summed E-state index contributed by atoms with van der Waals surface area (Å²) in [5, 5.41) is 7.16. The zero-order valence-electron chi connectivity index (χ0n) is 16.1. The second-order valence-corrected chi connectivity index (χ2v) is 8.37. The van der Waals surface area contributed by atoms with Gasteiger partial charge in [0, 0.05) is 33.6 Å². The van der Waals surface area contributed by atoms with Gasteiger partial charge < -0.3 is 15.1 Å². The molecule has 1 atom stereocenters. The molecular formula is C23H19ClN2O3S. The second kappa shape index (κ2) is 8.73. The van der Waals surface area contributed by atoms with E-state index < -0.39 is 11.9 Å². The molecule has 2 heterocycles. The third-order valence-electron chi connectivity index (χ3n) is 4.71. The van der Waals surface area contributed by atoms with Crippen LogP contribution in [0.2, 0.25) is 5.02 Å². The van der Waals surface area contributed by atoms with E-state index in [1.807, 2.05) is 42.5 Å². The Kier molecular flexibility index (Phi) is 5.88. The molecule has 0 aliphatic heterocycles. The number of carbonyl (C=O) groups excluding carboxylic acids is 2. The Labute approximate surface area is 182 Å². The van der Waals surface area contributed by atoms with Gasteiger partial charge in [0.1, 0.15) is 11.8 Å². The molecule has 0 aliphatic rings. The molecule has 30 heavy (non-hydrogen) atoms. The molecule has 152 valence electrons. The highest BCUT2D eigenvalue weighted by Gasteiger charge is 2.23. The van der Waals surface area contributed by atoms with Crippen molar-refractivity contribution in [3.05, 3.63) is 82.4 Å². The smallest absolute Gasteiger partial charge is 0.287 e. The van der Waals surface area contributed by atoms with Crippen molar-refractivity contribution in [1.82, 2.24) is 10.6 Å². The van der Waals surface area contributed by atoms with E-state index in [9.17, 15) is 9.59 Å². The number of amides is 2. The van der Waals surface area contributed by atoms with Crippen molar-refractivity contribution in [2.45, 2.75) is 12.5 Å². The fraction of sp³-hybridized carbons (Fsp3) is 0.130. The highest BCUT2D eigenvalue weighted by Crippen LogP contribution is 2.27. The number of furan rings is 1. The molecule has 0 fully saturated rings. The number of fused-ring (bicyclic) bond motifs is 1. The predicted molar refractivity (Wildman–Crippen MR) is 120 cm³/mol. The van der Waals surface area contributed by atoms with Gasteiger partial charge in [-0.1, -0.05) is 29.8 Å². The maximum absolute atomic E-state index is 12.7. The fourth-order valence-electron chi connectivity index (χ4n) is 3.18. The van der Waals surface area contributed by atoms with E-state index in [0.29, 0.717) is 17.2 Å². The average Bonchev–Trinajstić information content (AvgIpc) is 3.40. The molecule has 0 unspecified atom stereocenters. The Morgan fingerprint density at radius 3 is 2.57 bits per heavy atom. The van der Waals surface area contributed by atoms with E-state index >= 15 is 0 Å². The molecule has 2 aromatic heterocycles. The Bertz CT molecular complexity index is 1160. The first-order chi connectivity index (χ1) is 14.5. The van der Waals surface area contributed by atoms with Crippen LogP contribution < -0.4 is 10.6 Å². The van der Waals surface area contributed by atoms with Crippen molar-refractivity contribution >= 4 is 44.8 Å². The van der Waals surface area contributed by atoms with Crippen LogP contribution in [0.4, 0.5) is 0 Å². The number of halogens is 1. The van der Waals surface area contributed by atoms with Crippen molar-refractivity contribution in [3.63, 3.8) is 0 Å². The van der Waals surface area contributed by atoms with Crippen molar-refractivity contribution in [1.29, 1.82) is 0 Å². The summed E-state index contributed by atoms with van der Waals surface area (Å²) in [6.07, 6.45) is 0.398. The highest BCUT2D eigenvalue weighted by atomic mass is 35.5. The number of rotatable bonds is 6. The maximum atomic E-state index is 12.7. The molecule has 0 bridgehead atoms. The van der Waals surface area contributed by atoms with Crippen LogP contribution in [0, 0.1) is 0 Å². The van der Waals surface area contributed by atoms with Gasteiger partial charge in [-0.25, -0.2) is 0 Å². The minimum Gasteiger partial charge on any atom is -0.451 e. The molecule has 4 rings (SSSR count). The van der Waals surface area contributed by atoms with Crippen molar-refractivity contribution in [2.24, 2.45) is 0 Å². The summed E-state index contributed by atoms with van der Waals surface area (Å²) in [5.74, 6) is -0.00165. The molecular weight excluding hydrogens is 420 g/mol. The summed E-state index contributed by atoms with van der Waals surface area (Å²) in [4.78, 5) is 26.1. The molecule has 2 aromatic carbocycles. The van der Waals surface area contributed by atoms with Crippen LogP contribution in [0.1, 0.15) is 15.4 Å². The van der Waals surface area contributed by atoms with Gasteiger partial charge >= 0.3 is 0 Å². The topological polar surface area (TPSA) is 71.3 Å². The number of nitrogens with one attached hydrogen (secondary N) is 2. The van der Waals surface area contributed by atoms with Crippen LogP contribution in [0.15, 0.2) is 71.1 Å². The maximum Gasteiger partial charge on any atom is 0.287 e. The number of carbonyl (C=O) groups is 2. The Morgan fingerprint density at radius 2 is 1.83 bits per heavy atom. The van der Waals surface area contributed by atoms with Crippen molar-refractivity contribution in [3.8, 4) is 11.3 Å². The number of thiophene rings is 1. The molecule has 2 amide bonds. The molecule has 0 aliphatic carbocycles. The Balaban J connectivity index is 1.51. The molecule has 4 aromatic rings. The zero-order chi connectivity index (χ0) is 21.1. The summed E-state index contributed by atoms with van der Waals surface area (Å²) in [6, 6.07) is 19.8. The van der Waals surface area contributed by atoms with Gasteiger partial charge in [-0.05, 0) is 53.9 Å². The summed E-state index contributed by atoms with van der Waals surface area (Å²) in [6.45, 7) is 0. The van der Waals surface area contributed by atoms with Crippen molar-refractivity contribution < 1.29 is 14.0 Å². The van der Waals surface area contributed by atoms with Gasteiger partial charge in [0.2, 0.25) is 5.91 Å². The first-order valence-electron chi connectivity index (χ1n) is 9.39. The number of benzene rings is 2. The number of hydrogen-bond donors (Lipinski definition) is 2.